The fourth-order valence-corrected chi connectivity index (χ4v) is 2.41. The van der Waals surface area contributed by atoms with Crippen molar-refractivity contribution in [3.05, 3.63) is 29.8 Å². The topological polar surface area (TPSA) is 89.4 Å². The number of nitrogens with two attached hydrogens (primary N) is 2. The molecule has 1 heterocycles. The summed E-state index contributed by atoms with van der Waals surface area (Å²) in [6.07, 6.45) is 1.55. The van der Waals surface area contributed by atoms with Gasteiger partial charge in [-0.2, -0.15) is 0 Å². The monoisotopic (exact) mass is 261 g/mol. The molecule has 1 fully saturated rings. The first-order valence-corrected chi connectivity index (χ1v) is 6.45. The normalized spacial score (nSPS) is 23.1. The molecule has 102 valence electrons. The zero-order valence-electron chi connectivity index (χ0n) is 11.0. The highest BCUT2D eigenvalue weighted by Gasteiger charge is 2.31. The van der Waals surface area contributed by atoms with E-state index in [1.54, 1.807) is 29.2 Å². The Morgan fingerprint density at radius 1 is 1.21 bits per heavy atom. The number of hydrogen-bond acceptors (Lipinski definition) is 3. The number of hydrogen-bond donors (Lipinski definition) is 2. The van der Waals surface area contributed by atoms with Crippen LogP contribution in [0.25, 0.3) is 0 Å². The zero-order valence-corrected chi connectivity index (χ0v) is 11.0. The van der Waals surface area contributed by atoms with Crippen LogP contribution in [0.1, 0.15) is 30.1 Å². The number of primary amides is 1. The molecular weight excluding hydrogens is 242 g/mol. The number of nitrogen functional groups attached to an aromatic ring is 1. The number of benzene rings is 1. The molecule has 5 nitrogen and oxygen atoms in total. The number of rotatable bonds is 2. The number of carbonyl (C=O) groups excluding carboxylic acids is 2. The Morgan fingerprint density at radius 3 is 2.42 bits per heavy atom. The van der Waals surface area contributed by atoms with E-state index in [9.17, 15) is 9.59 Å². The Bertz CT molecular complexity index is 484. The number of carbonyl (C=O) groups is 2. The smallest absolute Gasteiger partial charge is 0.254 e. The molecule has 2 rings (SSSR count). The minimum Gasteiger partial charge on any atom is -0.399 e. The molecule has 0 saturated carbocycles. The lowest BCUT2D eigenvalue weighted by molar-refractivity contribution is -0.123. The SMILES string of the molecule is CC1CCC(C(N)=O)CN1C(=O)c1ccc(N)cc1. The van der Waals surface area contributed by atoms with E-state index in [4.69, 9.17) is 11.5 Å². The van der Waals surface area contributed by atoms with Gasteiger partial charge in [0.2, 0.25) is 5.91 Å². The first kappa shape index (κ1) is 13.4. The number of piperidine rings is 1. The van der Waals surface area contributed by atoms with Gasteiger partial charge in [-0.1, -0.05) is 0 Å². The number of amides is 2. The van der Waals surface area contributed by atoms with Crippen LogP contribution in [0.15, 0.2) is 24.3 Å². The van der Waals surface area contributed by atoms with Gasteiger partial charge < -0.3 is 16.4 Å². The minimum absolute atomic E-state index is 0.0709. The third-order valence-electron chi connectivity index (χ3n) is 3.70. The molecule has 1 aliphatic heterocycles. The molecule has 0 bridgehead atoms. The highest BCUT2D eigenvalue weighted by atomic mass is 16.2. The molecule has 4 N–H and O–H groups in total. The number of anilines is 1. The predicted octanol–water partition coefficient (Wildman–Crippen LogP) is 0.995. The van der Waals surface area contributed by atoms with Crippen molar-refractivity contribution in [3.8, 4) is 0 Å². The van der Waals surface area contributed by atoms with Gasteiger partial charge in [-0.3, -0.25) is 9.59 Å². The second-order valence-corrected chi connectivity index (χ2v) is 5.11. The molecule has 2 atom stereocenters. The summed E-state index contributed by atoms with van der Waals surface area (Å²) in [4.78, 5) is 25.4. The first-order valence-electron chi connectivity index (χ1n) is 6.45. The van der Waals surface area contributed by atoms with Gasteiger partial charge in [-0.25, -0.2) is 0 Å². The quantitative estimate of drug-likeness (QED) is 0.778. The molecule has 2 amide bonds. The van der Waals surface area contributed by atoms with Gasteiger partial charge in [0.05, 0.1) is 5.92 Å². The number of likely N-dealkylation sites (tertiary alicyclic amines) is 1. The molecule has 1 aromatic carbocycles. The summed E-state index contributed by atoms with van der Waals surface area (Å²) in [7, 11) is 0. The van der Waals surface area contributed by atoms with E-state index in [1.807, 2.05) is 6.92 Å². The zero-order chi connectivity index (χ0) is 14.0. The maximum absolute atomic E-state index is 12.4. The number of nitrogens with zero attached hydrogens (tertiary/aromatic N) is 1. The Kier molecular flexibility index (Phi) is 3.74. The van der Waals surface area contributed by atoms with Gasteiger partial charge in [-0.15, -0.1) is 0 Å². The van der Waals surface area contributed by atoms with Crippen LogP contribution in [0, 0.1) is 5.92 Å². The summed E-state index contributed by atoms with van der Waals surface area (Å²) in [6, 6.07) is 6.94. The largest absolute Gasteiger partial charge is 0.399 e. The Labute approximate surface area is 112 Å². The summed E-state index contributed by atoms with van der Waals surface area (Å²) in [5.74, 6) is -0.644. The highest BCUT2D eigenvalue weighted by molar-refractivity contribution is 5.95. The molecule has 0 radical (unpaired) electrons. The maximum atomic E-state index is 12.4. The molecule has 5 heteroatoms. The van der Waals surface area contributed by atoms with Crippen molar-refractivity contribution in [2.24, 2.45) is 11.7 Å². The molecule has 1 aromatic rings. The van der Waals surface area contributed by atoms with Crippen LogP contribution < -0.4 is 11.5 Å². The molecule has 0 spiro atoms. The molecule has 1 saturated heterocycles. The van der Waals surface area contributed by atoms with E-state index in [0.29, 0.717) is 17.8 Å². The summed E-state index contributed by atoms with van der Waals surface area (Å²) in [5, 5.41) is 0. The third kappa shape index (κ3) is 2.86. The lowest BCUT2D eigenvalue weighted by atomic mass is 9.92. The molecule has 19 heavy (non-hydrogen) atoms. The summed E-state index contributed by atoms with van der Waals surface area (Å²) in [6.45, 7) is 2.39. The fraction of sp³-hybridized carbons (Fsp3) is 0.429. The van der Waals surface area contributed by atoms with E-state index >= 15 is 0 Å². The Morgan fingerprint density at radius 2 is 1.84 bits per heavy atom. The lowest BCUT2D eigenvalue weighted by Gasteiger charge is -2.37. The first-order chi connectivity index (χ1) is 8.99. The van der Waals surface area contributed by atoms with Crippen molar-refractivity contribution < 1.29 is 9.59 Å². The van der Waals surface area contributed by atoms with Gasteiger partial charge in [0, 0.05) is 23.8 Å². The van der Waals surface area contributed by atoms with Crippen LogP contribution in [0.5, 0.6) is 0 Å². The van der Waals surface area contributed by atoms with Crippen molar-refractivity contribution >= 4 is 17.5 Å². The Balaban J connectivity index is 2.16. The van der Waals surface area contributed by atoms with Crippen molar-refractivity contribution in [3.63, 3.8) is 0 Å². The Hall–Kier alpha value is -2.04. The molecule has 1 aliphatic rings. The average molecular weight is 261 g/mol. The van der Waals surface area contributed by atoms with Crippen molar-refractivity contribution in [2.75, 3.05) is 12.3 Å². The molecule has 0 aliphatic carbocycles. The van der Waals surface area contributed by atoms with Gasteiger partial charge in [0.1, 0.15) is 0 Å². The minimum atomic E-state index is -0.331. The third-order valence-corrected chi connectivity index (χ3v) is 3.70. The van der Waals surface area contributed by atoms with Crippen molar-refractivity contribution in [2.45, 2.75) is 25.8 Å². The predicted molar refractivity (Wildman–Crippen MR) is 73.3 cm³/mol. The van der Waals surface area contributed by atoms with E-state index in [0.717, 1.165) is 12.8 Å². The van der Waals surface area contributed by atoms with E-state index in [2.05, 4.69) is 0 Å². The van der Waals surface area contributed by atoms with Gasteiger partial charge in [0.25, 0.3) is 5.91 Å². The van der Waals surface area contributed by atoms with Crippen molar-refractivity contribution in [1.29, 1.82) is 0 Å². The van der Waals surface area contributed by atoms with E-state index in [1.165, 1.54) is 0 Å². The van der Waals surface area contributed by atoms with Gasteiger partial charge in [0.15, 0.2) is 0 Å². The van der Waals surface area contributed by atoms with Crippen LogP contribution >= 0.6 is 0 Å². The second kappa shape index (κ2) is 5.30. The van der Waals surface area contributed by atoms with Crippen LogP contribution in [0.3, 0.4) is 0 Å². The van der Waals surface area contributed by atoms with E-state index in [-0.39, 0.29) is 23.8 Å². The van der Waals surface area contributed by atoms with Crippen molar-refractivity contribution in [1.82, 2.24) is 4.90 Å². The summed E-state index contributed by atoms with van der Waals surface area (Å²) >= 11 is 0. The van der Waals surface area contributed by atoms with Crippen LogP contribution in [0.4, 0.5) is 5.69 Å². The fourth-order valence-electron chi connectivity index (χ4n) is 2.41. The summed E-state index contributed by atoms with van der Waals surface area (Å²) < 4.78 is 0. The van der Waals surface area contributed by atoms with E-state index < -0.39 is 0 Å². The van der Waals surface area contributed by atoms with Crippen LogP contribution in [-0.2, 0) is 4.79 Å². The summed E-state index contributed by atoms with van der Waals surface area (Å²) in [5.41, 5.74) is 12.2. The van der Waals surface area contributed by atoms with Crippen LogP contribution in [-0.4, -0.2) is 29.3 Å². The highest BCUT2D eigenvalue weighted by Crippen LogP contribution is 2.23. The lowest BCUT2D eigenvalue weighted by Crippen LogP contribution is -2.48. The maximum Gasteiger partial charge on any atom is 0.254 e. The molecular formula is C14H19N3O2. The molecule has 0 aromatic heterocycles. The standard InChI is InChI=1S/C14H19N3O2/c1-9-2-3-11(13(16)18)8-17(9)14(19)10-4-6-12(15)7-5-10/h4-7,9,11H,2-3,8,15H2,1H3,(H2,16,18). The second-order valence-electron chi connectivity index (χ2n) is 5.11. The van der Waals surface area contributed by atoms with Gasteiger partial charge >= 0.3 is 0 Å². The average Bonchev–Trinajstić information content (AvgIpc) is 2.39. The molecule has 2 unspecified atom stereocenters. The van der Waals surface area contributed by atoms with Crippen LogP contribution in [0.2, 0.25) is 0 Å². The van der Waals surface area contributed by atoms with Gasteiger partial charge in [-0.05, 0) is 44.0 Å².